The SMILES string of the molecule is COC(=O)c1ccc2c(c1)NC(=O)C2=C(Nc1ccc(CN(C)C)c(N)c1)c1ccccc1. The van der Waals surface area contributed by atoms with E-state index in [0.717, 1.165) is 23.4 Å². The van der Waals surface area contributed by atoms with Crippen molar-refractivity contribution in [1.82, 2.24) is 4.90 Å². The van der Waals surface area contributed by atoms with Crippen LogP contribution in [0.5, 0.6) is 0 Å². The van der Waals surface area contributed by atoms with Crippen LogP contribution in [0.3, 0.4) is 0 Å². The van der Waals surface area contributed by atoms with Gasteiger partial charge < -0.3 is 26.0 Å². The van der Waals surface area contributed by atoms with Crippen molar-refractivity contribution >= 4 is 40.2 Å². The van der Waals surface area contributed by atoms with Crippen molar-refractivity contribution in [1.29, 1.82) is 0 Å². The first-order chi connectivity index (χ1) is 15.9. The summed E-state index contributed by atoms with van der Waals surface area (Å²) < 4.78 is 4.80. The number of hydrogen-bond acceptors (Lipinski definition) is 6. The molecule has 1 aliphatic rings. The van der Waals surface area contributed by atoms with Crippen LogP contribution in [-0.2, 0) is 16.1 Å². The number of carbonyl (C=O) groups excluding carboxylic acids is 2. The van der Waals surface area contributed by atoms with Crippen molar-refractivity contribution < 1.29 is 14.3 Å². The highest BCUT2D eigenvalue weighted by atomic mass is 16.5. The van der Waals surface area contributed by atoms with E-state index < -0.39 is 5.97 Å². The molecule has 4 rings (SSSR count). The number of methoxy groups -OCH3 is 1. The van der Waals surface area contributed by atoms with Gasteiger partial charge in [-0.2, -0.15) is 0 Å². The minimum atomic E-state index is -0.459. The Morgan fingerprint density at radius 1 is 1.03 bits per heavy atom. The lowest BCUT2D eigenvalue weighted by Gasteiger charge is -2.17. The van der Waals surface area contributed by atoms with E-state index in [1.165, 1.54) is 7.11 Å². The fraction of sp³-hybridized carbons (Fsp3) is 0.154. The maximum absolute atomic E-state index is 13.1. The molecule has 4 N–H and O–H groups in total. The molecule has 0 aliphatic carbocycles. The van der Waals surface area contributed by atoms with Crippen molar-refractivity contribution in [2.24, 2.45) is 0 Å². The predicted molar refractivity (Wildman–Crippen MR) is 132 cm³/mol. The summed E-state index contributed by atoms with van der Waals surface area (Å²) >= 11 is 0. The Kier molecular flexibility index (Phi) is 6.15. The standard InChI is InChI=1S/C26H26N4O3/c1-30(2)15-18-9-11-19(14-21(18)27)28-24(16-7-5-4-6-8-16)23-20-12-10-17(26(32)33-3)13-22(20)29-25(23)31/h4-14,28H,15,27H2,1-3H3,(H,29,31). The molecule has 1 heterocycles. The summed E-state index contributed by atoms with van der Waals surface area (Å²) in [5, 5.41) is 6.28. The van der Waals surface area contributed by atoms with Gasteiger partial charge in [0.05, 0.1) is 29.6 Å². The largest absolute Gasteiger partial charge is 0.465 e. The highest BCUT2D eigenvalue weighted by Gasteiger charge is 2.29. The van der Waals surface area contributed by atoms with Gasteiger partial charge in [0.15, 0.2) is 0 Å². The summed E-state index contributed by atoms with van der Waals surface area (Å²) in [6.45, 7) is 0.733. The molecule has 0 atom stereocenters. The van der Waals surface area contributed by atoms with Gasteiger partial charge in [-0.1, -0.05) is 42.5 Å². The topological polar surface area (TPSA) is 96.7 Å². The first kappa shape index (κ1) is 22.1. The number of nitrogens with zero attached hydrogens (tertiary/aromatic N) is 1. The Labute approximate surface area is 192 Å². The molecule has 3 aromatic rings. The number of nitrogens with two attached hydrogens (primary N) is 1. The van der Waals surface area contributed by atoms with E-state index in [9.17, 15) is 9.59 Å². The average Bonchev–Trinajstić information content (AvgIpc) is 3.13. The molecule has 0 radical (unpaired) electrons. The van der Waals surface area contributed by atoms with Crippen LogP contribution in [0.1, 0.15) is 27.0 Å². The Morgan fingerprint density at radius 2 is 1.79 bits per heavy atom. The molecule has 1 aliphatic heterocycles. The average molecular weight is 443 g/mol. The molecule has 168 valence electrons. The van der Waals surface area contributed by atoms with Gasteiger partial charge in [0, 0.05) is 23.5 Å². The van der Waals surface area contributed by atoms with Crippen LogP contribution in [0, 0.1) is 0 Å². The zero-order valence-electron chi connectivity index (χ0n) is 18.8. The lowest BCUT2D eigenvalue weighted by molar-refractivity contribution is -0.110. The maximum atomic E-state index is 13.1. The number of benzene rings is 3. The molecule has 7 heteroatoms. The number of carbonyl (C=O) groups is 2. The minimum Gasteiger partial charge on any atom is -0.465 e. The van der Waals surface area contributed by atoms with Gasteiger partial charge >= 0.3 is 5.97 Å². The number of nitrogens with one attached hydrogen (secondary N) is 2. The molecule has 7 nitrogen and oxygen atoms in total. The van der Waals surface area contributed by atoms with E-state index in [-0.39, 0.29) is 5.91 Å². The zero-order valence-corrected chi connectivity index (χ0v) is 18.8. The van der Waals surface area contributed by atoms with E-state index in [4.69, 9.17) is 10.5 Å². The number of hydrogen-bond donors (Lipinski definition) is 3. The van der Waals surface area contributed by atoms with Crippen LogP contribution in [0.15, 0.2) is 66.7 Å². The summed E-state index contributed by atoms with van der Waals surface area (Å²) in [6, 6.07) is 20.5. The molecule has 0 saturated heterocycles. The molecule has 3 aromatic carbocycles. The smallest absolute Gasteiger partial charge is 0.337 e. The number of nitrogen functional groups attached to an aromatic ring is 1. The van der Waals surface area contributed by atoms with Crippen LogP contribution >= 0.6 is 0 Å². The zero-order chi connectivity index (χ0) is 23.5. The number of anilines is 3. The van der Waals surface area contributed by atoms with E-state index in [1.54, 1.807) is 18.2 Å². The number of fused-ring (bicyclic) bond motifs is 1. The minimum absolute atomic E-state index is 0.254. The second-order valence-electron chi connectivity index (χ2n) is 8.10. The van der Waals surface area contributed by atoms with Crippen LogP contribution in [0.25, 0.3) is 11.3 Å². The van der Waals surface area contributed by atoms with Gasteiger partial charge in [-0.05, 0) is 49.5 Å². The van der Waals surface area contributed by atoms with Crippen molar-refractivity contribution in [3.8, 4) is 0 Å². The second kappa shape index (κ2) is 9.18. The highest BCUT2D eigenvalue weighted by molar-refractivity contribution is 6.37. The molecule has 0 unspecified atom stereocenters. The molecule has 0 spiro atoms. The van der Waals surface area contributed by atoms with Crippen molar-refractivity contribution in [2.45, 2.75) is 6.54 Å². The third kappa shape index (κ3) is 4.58. The first-order valence-corrected chi connectivity index (χ1v) is 10.5. The molecule has 1 amide bonds. The van der Waals surface area contributed by atoms with E-state index in [2.05, 4.69) is 15.5 Å². The summed E-state index contributed by atoms with van der Waals surface area (Å²) in [6.07, 6.45) is 0. The Hall–Kier alpha value is -4.10. The monoisotopic (exact) mass is 442 g/mol. The number of esters is 1. The Balaban J connectivity index is 1.81. The molecular weight excluding hydrogens is 416 g/mol. The lowest BCUT2D eigenvalue weighted by atomic mass is 9.99. The Morgan fingerprint density at radius 3 is 2.45 bits per heavy atom. The van der Waals surface area contributed by atoms with E-state index >= 15 is 0 Å². The molecule has 0 aromatic heterocycles. The molecular formula is C26H26N4O3. The quantitative estimate of drug-likeness (QED) is 0.303. The normalized spacial score (nSPS) is 14.0. The number of ether oxygens (including phenoxy) is 1. The van der Waals surface area contributed by atoms with Crippen molar-refractivity contribution in [2.75, 3.05) is 37.6 Å². The first-order valence-electron chi connectivity index (χ1n) is 10.5. The van der Waals surface area contributed by atoms with Gasteiger partial charge in [0.2, 0.25) is 0 Å². The van der Waals surface area contributed by atoms with Crippen molar-refractivity contribution in [3.05, 3.63) is 89.0 Å². The van der Waals surface area contributed by atoms with Gasteiger partial charge in [0.1, 0.15) is 0 Å². The molecule has 33 heavy (non-hydrogen) atoms. The summed E-state index contributed by atoms with van der Waals surface area (Å²) in [5.74, 6) is -0.713. The summed E-state index contributed by atoms with van der Waals surface area (Å²) in [7, 11) is 5.31. The lowest BCUT2D eigenvalue weighted by Crippen LogP contribution is -2.13. The maximum Gasteiger partial charge on any atom is 0.337 e. The summed E-state index contributed by atoms with van der Waals surface area (Å²) in [5.41, 5.74) is 12.4. The van der Waals surface area contributed by atoms with Crippen LogP contribution in [0.2, 0.25) is 0 Å². The van der Waals surface area contributed by atoms with E-state index in [1.807, 2.05) is 62.6 Å². The van der Waals surface area contributed by atoms with Gasteiger partial charge in [0.25, 0.3) is 5.91 Å². The fourth-order valence-electron chi connectivity index (χ4n) is 3.85. The fourth-order valence-corrected chi connectivity index (χ4v) is 3.85. The van der Waals surface area contributed by atoms with Gasteiger partial charge in [-0.15, -0.1) is 0 Å². The third-order valence-corrected chi connectivity index (χ3v) is 5.40. The molecule has 0 bridgehead atoms. The predicted octanol–water partition coefficient (Wildman–Crippen LogP) is 4.05. The van der Waals surface area contributed by atoms with E-state index in [0.29, 0.717) is 33.8 Å². The van der Waals surface area contributed by atoms with Crippen LogP contribution in [0.4, 0.5) is 17.1 Å². The molecule has 0 saturated carbocycles. The Bertz CT molecular complexity index is 1250. The number of rotatable bonds is 6. The van der Waals surface area contributed by atoms with Gasteiger partial charge in [-0.3, -0.25) is 4.79 Å². The third-order valence-electron chi connectivity index (χ3n) is 5.40. The van der Waals surface area contributed by atoms with Crippen LogP contribution < -0.4 is 16.4 Å². The van der Waals surface area contributed by atoms with Gasteiger partial charge in [-0.25, -0.2) is 4.79 Å². The second-order valence-corrected chi connectivity index (χ2v) is 8.10. The highest BCUT2D eigenvalue weighted by Crippen LogP contribution is 2.38. The number of amides is 1. The van der Waals surface area contributed by atoms with Crippen LogP contribution in [-0.4, -0.2) is 38.0 Å². The van der Waals surface area contributed by atoms with Crippen molar-refractivity contribution in [3.63, 3.8) is 0 Å². The molecule has 0 fully saturated rings. The summed E-state index contributed by atoms with van der Waals surface area (Å²) in [4.78, 5) is 27.1.